The Hall–Kier alpha value is -1.26. The van der Waals surface area contributed by atoms with Crippen molar-refractivity contribution < 1.29 is 4.79 Å². The van der Waals surface area contributed by atoms with Gasteiger partial charge in [0.15, 0.2) is 0 Å². The Kier molecular flexibility index (Phi) is 3.55. The monoisotopic (exact) mass is 212 g/mol. The number of rotatable bonds is 3. The number of nitrogens with two attached hydrogens (primary N) is 1. The van der Waals surface area contributed by atoms with Gasteiger partial charge >= 0.3 is 6.03 Å². The SMILES string of the molecule is CC(C)(NC(=O)NC1CCCC1)C(=N)N. The number of nitrogens with one attached hydrogen (secondary N) is 3. The Bertz CT molecular complexity index is 256. The smallest absolute Gasteiger partial charge is 0.315 e. The molecule has 0 aromatic rings. The van der Waals surface area contributed by atoms with Crippen molar-refractivity contribution in [2.75, 3.05) is 0 Å². The lowest BCUT2D eigenvalue weighted by Gasteiger charge is -2.25. The third kappa shape index (κ3) is 3.42. The van der Waals surface area contributed by atoms with Gasteiger partial charge in [0.25, 0.3) is 0 Å². The summed E-state index contributed by atoms with van der Waals surface area (Å²) in [6.45, 7) is 3.42. The molecule has 0 heterocycles. The summed E-state index contributed by atoms with van der Waals surface area (Å²) in [4.78, 5) is 11.5. The van der Waals surface area contributed by atoms with Gasteiger partial charge in [0.05, 0.1) is 5.54 Å². The van der Waals surface area contributed by atoms with Gasteiger partial charge in [-0.3, -0.25) is 5.41 Å². The van der Waals surface area contributed by atoms with E-state index in [2.05, 4.69) is 10.6 Å². The van der Waals surface area contributed by atoms with Crippen LogP contribution >= 0.6 is 0 Å². The highest BCUT2D eigenvalue weighted by atomic mass is 16.2. The Morgan fingerprint density at radius 3 is 2.40 bits per heavy atom. The summed E-state index contributed by atoms with van der Waals surface area (Å²) in [7, 11) is 0. The normalized spacial score (nSPS) is 17.5. The van der Waals surface area contributed by atoms with Gasteiger partial charge in [-0.25, -0.2) is 4.79 Å². The Labute approximate surface area is 90.3 Å². The van der Waals surface area contributed by atoms with Crippen LogP contribution in [-0.4, -0.2) is 23.4 Å². The molecule has 0 aromatic heterocycles. The summed E-state index contributed by atoms with van der Waals surface area (Å²) in [6.07, 6.45) is 4.46. The van der Waals surface area contributed by atoms with E-state index in [9.17, 15) is 4.79 Å². The maximum absolute atomic E-state index is 11.5. The summed E-state index contributed by atoms with van der Waals surface area (Å²) in [5, 5.41) is 12.9. The van der Waals surface area contributed by atoms with Crippen LogP contribution < -0.4 is 16.4 Å². The van der Waals surface area contributed by atoms with Crippen molar-refractivity contribution in [3.8, 4) is 0 Å². The zero-order valence-electron chi connectivity index (χ0n) is 9.39. The highest BCUT2D eigenvalue weighted by molar-refractivity contribution is 5.90. The van der Waals surface area contributed by atoms with Crippen LogP contribution in [0.5, 0.6) is 0 Å². The van der Waals surface area contributed by atoms with Crippen molar-refractivity contribution in [2.45, 2.75) is 51.1 Å². The standard InChI is InChI=1S/C10H20N4O/c1-10(2,8(11)12)14-9(15)13-7-5-3-4-6-7/h7H,3-6H2,1-2H3,(H3,11,12)(H2,13,14,15). The van der Waals surface area contributed by atoms with E-state index in [1.807, 2.05) is 0 Å². The Morgan fingerprint density at radius 2 is 1.93 bits per heavy atom. The second-order valence-electron chi connectivity index (χ2n) is 4.62. The zero-order valence-corrected chi connectivity index (χ0v) is 9.39. The number of hydrogen-bond acceptors (Lipinski definition) is 2. The molecule has 1 aliphatic carbocycles. The van der Waals surface area contributed by atoms with Gasteiger partial charge in [-0.05, 0) is 26.7 Å². The molecule has 1 rings (SSSR count). The van der Waals surface area contributed by atoms with Crippen LogP contribution in [0.1, 0.15) is 39.5 Å². The molecule has 1 saturated carbocycles. The summed E-state index contributed by atoms with van der Waals surface area (Å²) >= 11 is 0. The minimum atomic E-state index is -0.775. The van der Waals surface area contributed by atoms with Gasteiger partial charge in [0.1, 0.15) is 5.84 Å². The van der Waals surface area contributed by atoms with Gasteiger partial charge in [-0.1, -0.05) is 12.8 Å². The van der Waals surface area contributed by atoms with Crippen molar-refractivity contribution in [3.63, 3.8) is 0 Å². The predicted molar refractivity (Wildman–Crippen MR) is 59.9 cm³/mol. The van der Waals surface area contributed by atoms with Crippen molar-refractivity contribution in [1.82, 2.24) is 10.6 Å². The summed E-state index contributed by atoms with van der Waals surface area (Å²) in [5.74, 6) is -0.0379. The van der Waals surface area contributed by atoms with E-state index < -0.39 is 5.54 Å². The third-order valence-corrected chi connectivity index (χ3v) is 2.79. The van der Waals surface area contributed by atoms with Crippen LogP contribution in [0.15, 0.2) is 0 Å². The molecule has 1 fully saturated rings. The minimum Gasteiger partial charge on any atom is -0.386 e. The van der Waals surface area contributed by atoms with Gasteiger partial charge in [-0.2, -0.15) is 0 Å². The van der Waals surface area contributed by atoms with Crippen LogP contribution in [0.2, 0.25) is 0 Å². The number of carbonyl (C=O) groups is 1. The first-order valence-corrected chi connectivity index (χ1v) is 5.35. The summed E-state index contributed by atoms with van der Waals surface area (Å²) in [6, 6.07) is 0.0508. The third-order valence-electron chi connectivity index (χ3n) is 2.79. The highest BCUT2D eigenvalue weighted by Crippen LogP contribution is 2.17. The largest absolute Gasteiger partial charge is 0.386 e. The minimum absolute atomic E-state index is 0.0379. The quantitative estimate of drug-likeness (QED) is 0.414. The first kappa shape index (κ1) is 11.8. The molecule has 0 spiro atoms. The average Bonchev–Trinajstić information content (AvgIpc) is 2.54. The molecule has 0 saturated heterocycles. The molecule has 15 heavy (non-hydrogen) atoms. The van der Waals surface area contributed by atoms with E-state index >= 15 is 0 Å². The van der Waals surface area contributed by atoms with Crippen LogP contribution in [0.25, 0.3) is 0 Å². The van der Waals surface area contributed by atoms with Crippen LogP contribution in [0.3, 0.4) is 0 Å². The van der Waals surface area contributed by atoms with E-state index in [-0.39, 0.29) is 17.9 Å². The maximum Gasteiger partial charge on any atom is 0.315 e. The van der Waals surface area contributed by atoms with Gasteiger partial charge in [0.2, 0.25) is 0 Å². The zero-order chi connectivity index (χ0) is 11.5. The fourth-order valence-corrected chi connectivity index (χ4v) is 1.64. The van der Waals surface area contributed by atoms with Crippen LogP contribution in [0, 0.1) is 5.41 Å². The van der Waals surface area contributed by atoms with Gasteiger partial charge in [0, 0.05) is 6.04 Å². The van der Waals surface area contributed by atoms with Gasteiger partial charge < -0.3 is 16.4 Å². The summed E-state index contributed by atoms with van der Waals surface area (Å²) < 4.78 is 0. The van der Waals surface area contributed by atoms with Crippen LogP contribution in [0.4, 0.5) is 4.79 Å². The molecule has 0 bridgehead atoms. The Morgan fingerprint density at radius 1 is 1.40 bits per heavy atom. The molecule has 0 atom stereocenters. The average molecular weight is 212 g/mol. The van der Waals surface area contributed by atoms with Crippen LogP contribution in [-0.2, 0) is 0 Å². The maximum atomic E-state index is 11.5. The highest BCUT2D eigenvalue weighted by Gasteiger charge is 2.25. The molecule has 5 N–H and O–H groups in total. The second kappa shape index (κ2) is 4.51. The van der Waals surface area contributed by atoms with E-state index in [0.717, 1.165) is 12.8 Å². The van der Waals surface area contributed by atoms with Crippen molar-refractivity contribution in [1.29, 1.82) is 5.41 Å². The molecule has 2 amide bonds. The molecule has 1 aliphatic rings. The number of carbonyl (C=O) groups excluding carboxylic acids is 1. The number of urea groups is 1. The van der Waals surface area contributed by atoms with E-state index in [0.29, 0.717) is 0 Å². The molecule has 0 aromatic carbocycles. The molecule has 0 aliphatic heterocycles. The number of hydrogen-bond donors (Lipinski definition) is 4. The predicted octanol–water partition coefficient (Wildman–Crippen LogP) is 0.943. The molecule has 0 radical (unpaired) electrons. The topological polar surface area (TPSA) is 91.0 Å². The van der Waals surface area contributed by atoms with E-state index in [1.165, 1.54) is 12.8 Å². The molecule has 86 valence electrons. The van der Waals surface area contributed by atoms with Crippen molar-refractivity contribution >= 4 is 11.9 Å². The lowest BCUT2D eigenvalue weighted by Crippen LogP contribution is -2.56. The number of amidine groups is 1. The first-order chi connectivity index (χ1) is 6.92. The molecule has 5 nitrogen and oxygen atoms in total. The summed E-state index contributed by atoms with van der Waals surface area (Å²) in [5.41, 5.74) is 4.59. The molecular formula is C10H20N4O. The second-order valence-corrected chi connectivity index (χ2v) is 4.62. The first-order valence-electron chi connectivity index (χ1n) is 5.35. The van der Waals surface area contributed by atoms with Gasteiger partial charge in [-0.15, -0.1) is 0 Å². The molecule has 0 unspecified atom stereocenters. The lowest BCUT2D eigenvalue weighted by atomic mass is 10.1. The fourth-order valence-electron chi connectivity index (χ4n) is 1.64. The lowest BCUT2D eigenvalue weighted by molar-refractivity contribution is 0.232. The fraction of sp³-hybridized carbons (Fsp3) is 0.800. The molecule has 5 heteroatoms. The molecular weight excluding hydrogens is 192 g/mol. The van der Waals surface area contributed by atoms with Crippen molar-refractivity contribution in [2.24, 2.45) is 5.73 Å². The Balaban J connectivity index is 2.38. The van der Waals surface area contributed by atoms with E-state index in [4.69, 9.17) is 11.1 Å². The number of amides is 2. The van der Waals surface area contributed by atoms with E-state index in [1.54, 1.807) is 13.8 Å². The van der Waals surface area contributed by atoms with Crippen molar-refractivity contribution in [3.05, 3.63) is 0 Å².